The molecule has 0 radical (unpaired) electrons. The summed E-state index contributed by atoms with van der Waals surface area (Å²) in [5, 5.41) is 10.7. The lowest BCUT2D eigenvalue weighted by Gasteiger charge is -2.16. The van der Waals surface area contributed by atoms with Crippen molar-refractivity contribution in [2.24, 2.45) is 0 Å². The number of hydrogen-bond donors (Lipinski definition) is 1. The number of phenolic OH excluding ortho intramolecular Hbond substituents is 1. The average Bonchev–Trinajstić information content (AvgIpc) is 2.65. The number of benzene rings is 1. The topological polar surface area (TPSA) is 68.7 Å². The van der Waals surface area contributed by atoms with Crippen molar-refractivity contribution in [2.75, 3.05) is 14.2 Å². The highest BCUT2D eigenvalue weighted by Gasteiger charge is 2.22. The second-order valence-electron chi connectivity index (χ2n) is 5.93. The van der Waals surface area contributed by atoms with E-state index in [4.69, 9.17) is 9.47 Å². The normalized spacial score (nSPS) is 10.7. The molecule has 1 N–H and O–H groups in total. The summed E-state index contributed by atoms with van der Waals surface area (Å²) in [5.41, 5.74) is 3.10. The molecule has 136 valence electrons. The van der Waals surface area contributed by atoms with E-state index in [9.17, 15) is 9.90 Å². The predicted molar refractivity (Wildman–Crippen MR) is 102 cm³/mol. The third-order valence-corrected chi connectivity index (χ3v) is 3.97. The number of rotatable bonds is 7. The molecule has 26 heavy (non-hydrogen) atoms. The van der Waals surface area contributed by atoms with Gasteiger partial charge in [0.2, 0.25) is 0 Å². The lowest BCUT2D eigenvalue weighted by molar-refractivity contribution is 0.0597. The molecule has 2 rings (SSSR count). The number of carbonyl (C=O) groups is 1. The molecule has 0 amide bonds. The first-order valence-corrected chi connectivity index (χ1v) is 8.21. The number of carbonyl (C=O) groups excluding carboxylic acids is 1. The number of hydrogen-bond acceptors (Lipinski definition) is 5. The summed E-state index contributed by atoms with van der Waals surface area (Å²) in [6.07, 6.45) is 8.13. The molecule has 1 aromatic heterocycles. The van der Waals surface area contributed by atoms with Crippen molar-refractivity contribution in [3.8, 4) is 11.5 Å². The van der Waals surface area contributed by atoms with Crippen LogP contribution in [-0.4, -0.2) is 30.3 Å². The van der Waals surface area contributed by atoms with Gasteiger partial charge in [0.25, 0.3) is 0 Å². The average molecular weight is 353 g/mol. The minimum absolute atomic E-state index is 0.119. The van der Waals surface area contributed by atoms with Crippen LogP contribution in [0.5, 0.6) is 11.5 Å². The zero-order valence-electron chi connectivity index (χ0n) is 15.3. The number of allylic oxidation sites excluding steroid dienone is 1. The highest BCUT2D eigenvalue weighted by atomic mass is 16.5. The van der Waals surface area contributed by atoms with E-state index in [1.165, 1.54) is 14.2 Å². The van der Waals surface area contributed by atoms with Crippen LogP contribution in [0.3, 0.4) is 0 Å². The van der Waals surface area contributed by atoms with Crippen LogP contribution in [0.25, 0.3) is 12.2 Å². The lowest BCUT2D eigenvalue weighted by Crippen LogP contribution is -2.07. The van der Waals surface area contributed by atoms with Crippen molar-refractivity contribution >= 4 is 18.1 Å². The van der Waals surface area contributed by atoms with E-state index in [1.807, 2.05) is 25.1 Å². The molecule has 0 bridgehead atoms. The molecule has 0 saturated heterocycles. The van der Waals surface area contributed by atoms with E-state index in [1.54, 1.807) is 24.5 Å². The van der Waals surface area contributed by atoms with Gasteiger partial charge in [0.15, 0.2) is 0 Å². The maximum atomic E-state index is 12.3. The molecule has 0 saturated carbocycles. The first kappa shape index (κ1) is 19.2. The molecule has 0 atom stereocenters. The summed E-state index contributed by atoms with van der Waals surface area (Å²) in [7, 11) is 2.82. The van der Waals surface area contributed by atoms with E-state index in [-0.39, 0.29) is 11.3 Å². The maximum Gasteiger partial charge on any atom is 0.342 e. The van der Waals surface area contributed by atoms with Gasteiger partial charge in [-0.1, -0.05) is 17.7 Å². The number of ether oxygens (including phenoxy) is 2. The van der Waals surface area contributed by atoms with Gasteiger partial charge in [-0.25, -0.2) is 4.79 Å². The van der Waals surface area contributed by atoms with Gasteiger partial charge in [-0.05, 0) is 49.1 Å². The molecule has 5 nitrogen and oxygen atoms in total. The number of nitrogens with zero attached hydrogens (tertiary/aromatic N) is 1. The minimum atomic E-state index is -0.601. The summed E-state index contributed by atoms with van der Waals surface area (Å²) in [6.45, 7) is 5.79. The molecular weight excluding hydrogens is 330 g/mol. The zero-order valence-corrected chi connectivity index (χ0v) is 15.3. The number of pyridine rings is 1. The molecule has 2 aromatic rings. The van der Waals surface area contributed by atoms with Crippen LogP contribution >= 0.6 is 0 Å². The Kier molecular flexibility index (Phi) is 6.55. The van der Waals surface area contributed by atoms with Gasteiger partial charge in [-0.2, -0.15) is 0 Å². The summed E-state index contributed by atoms with van der Waals surface area (Å²) in [6, 6.07) is 5.41. The van der Waals surface area contributed by atoms with E-state index >= 15 is 0 Å². The summed E-state index contributed by atoms with van der Waals surface area (Å²) in [5.74, 6) is -0.200. The standard InChI is InChI=1S/C21H23NO4/c1-14(2)5-8-17-18(25-3)13-16(19(20(17)23)21(24)26-4)7-6-15-9-11-22-12-10-15/h6-7,9-13,23H,1,5,8H2,2-4H3/b7-6+. The smallest absolute Gasteiger partial charge is 0.342 e. The Labute approximate surface area is 153 Å². The summed E-state index contributed by atoms with van der Waals surface area (Å²) >= 11 is 0. The highest BCUT2D eigenvalue weighted by Crippen LogP contribution is 2.37. The fourth-order valence-corrected chi connectivity index (χ4v) is 2.58. The van der Waals surface area contributed by atoms with E-state index < -0.39 is 5.97 Å². The molecule has 0 spiro atoms. The number of methoxy groups -OCH3 is 2. The maximum absolute atomic E-state index is 12.3. The zero-order chi connectivity index (χ0) is 19.1. The van der Waals surface area contributed by atoms with Gasteiger partial charge in [0, 0.05) is 18.0 Å². The summed E-state index contributed by atoms with van der Waals surface area (Å²) in [4.78, 5) is 16.2. The van der Waals surface area contributed by atoms with E-state index in [2.05, 4.69) is 11.6 Å². The number of aromatic nitrogens is 1. The Morgan fingerprint density at radius 1 is 1.27 bits per heavy atom. The first-order valence-electron chi connectivity index (χ1n) is 8.21. The van der Waals surface area contributed by atoms with Crippen molar-refractivity contribution in [1.82, 2.24) is 4.98 Å². The Morgan fingerprint density at radius 3 is 2.54 bits per heavy atom. The van der Waals surface area contributed by atoms with Crippen molar-refractivity contribution in [3.05, 3.63) is 65.0 Å². The Balaban J connectivity index is 2.55. The Bertz CT molecular complexity index is 826. The molecule has 0 aliphatic carbocycles. The van der Waals surface area contributed by atoms with Crippen LogP contribution in [0.15, 0.2) is 42.7 Å². The van der Waals surface area contributed by atoms with Crippen molar-refractivity contribution in [3.63, 3.8) is 0 Å². The van der Waals surface area contributed by atoms with Gasteiger partial charge in [-0.15, -0.1) is 6.58 Å². The van der Waals surface area contributed by atoms with Gasteiger partial charge in [0.05, 0.1) is 14.2 Å². The molecule has 1 heterocycles. The predicted octanol–water partition coefficient (Wildman–Crippen LogP) is 4.26. The molecule has 0 unspecified atom stereocenters. The van der Waals surface area contributed by atoms with Crippen LogP contribution in [-0.2, 0) is 11.2 Å². The fraction of sp³-hybridized carbons (Fsp3) is 0.238. The van der Waals surface area contributed by atoms with Crippen LogP contribution in [0, 0.1) is 0 Å². The monoisotopic (exact) mass is 353 g/mol. The van der Waals surface area contributed by atoms with Gasteiger partial charge in [-0.3, -0.25) is 4.98 Å². The van der Waals surface area contributed by atoms with Crippen LogP contribution in [0.4, 0.5) is 0 Å². The molecule has 1 aromatic carbocycles. The van der Waals surface area contributed by atoms with E-state index in [0.717, 1.165) is 11.1 Å². The number of esters is 1. The van der Waals surface area contributed by atoms with Crippen LogP contribution in [0.2, 0.25) is 0 Å². The highest BCUT2D eigenvalue weighted by molar-refractivity contribution is 5.98. The summed E-state index contributed by atoms with van der Waals surface area (Å²) < 4.78 is 10.3. The van der Waals surface area contributed by atoms with E-state index in [0.29, 0.717) is 29.7 Å². The number of phenols is 1. The third-order valence-electron chi connectivity index (χ3n) is 3.97. The lowest BCUT2D eigenvalue weighted by atomic mass is 9.96. The van der Waals surface area contributed by atoms with Crippen molar-refractivity contribution in [2.45, 2.75) is 19.8 Å². The Hall–Kier alpha value is -3.08. The second kappa shape index (κ2) is 8.85. The Morgan fingerprint density at radius 2 is 1.96 bits per heavy atom. The molecule has 5 heteroatoms. The number of aromatic hydroxyl groups is 1. The quantitative estimate of drug-likeness (QED) is 0.595. The van der Waals surface area contributed by atoms with Gasteiger partial charge < -0.3 is 14.6 Å². The van der Waals surface area contributed by atoms with Gasteiger partial charge in [0.1, 0.15) is 17.1 Å². The third kappa shape index (κ3) is 4.51. The fourth-order valence-electron chi connectivity index (χ4n) is 2.58. The first-order chi connectivity index (χ1) is 12.5. The van der Waals surface area contributed by atoms with Crippen LogP contribution in [0.1, 0.15) is 40.4 Å². The van der Waals surface area contributed by atoms with Crippen molar-refractivity contribution in [1.29, 1.82) is 0 Å². The minimum Gasteiger partial charge on any atom is -0.507 e. The molecule has 0 aliphatic rings. The van der Waals surface area contributed by atoms with Crippen molar-refractivity contribution < 1.29 is 19.4 Å². The van der Waals surface area contributed by atoms with Crippen LogP contribution < -0.4 is 4.74 Å². The largest absolute Gasteiger partial charge is 0.507 e. The van der Waals surface area contributed by atoms with Gasteiger partial charge >= 0.3 is 5.97 Å². The SMILES string of the molecule is C=C(C)CCc1c(OC)cc(/C=C/c2ccncc2)c(C(=O)OC)c1O. The second-order valence-corrected chi connectivity index (χ2v) is 5.93. The molecule has 0 aliphatic heterocycles. The molecular formula is C21H23NO4. The molecule has 0 fully saturated rings.